The highest BCUT2D eigenvalue weighted by Gasteiger charge is 2.51. The lowest BCUT2D eigenvalue weighted by Gasteiger charge is -2.32. The lowest BCUT2D eigenvalue weighted by molar-refractivity contribution is 0.00578. The topological polar surface area (TPSA) is 105 Å². The van der Waals surface area contributed by atoms with Crippen molar-refractivity contribution in [1.29, 1.82) is 0 Å². The first-order chi connectivity index (χ1) is 47.8. The second-order valence-corrected chi connectivity index (χ2v) is 26.3. The number of fused-ring (bicyclic) bond motifs is 6. The van der Waals surface area contributed by atoms with Crippen LogP contribution >= 0.6 is 15.9 Å². The number of nitrogens with zero attached hydrogens (tertiary/aromatic N) is 8. The van der Waals surface area contributed by atoms with Crippen molar-refractivity contribution in [1.82, 2.24) is 39.2 Å². The molecule has 0 bridgehead atoms. The van der Waals surface area contributed by atoms with Gasteiger partial charge in [0.15, 0.2) is 10.6 Å². The van der Waals surface area contributed by atoms with Gasteiger partial charge in [-0.2, -0.15) is 10.2 Å². The molecular weight excluding hydrogens is 1280 g/mol. The average Bonchev–Trinajstić information content (AvgIpc) is 1.55. The highest BCUT2D eigenvalue weighted by atomic mass is 79.9. The molecule has 7 heterocycles. The van der Waals surface area contributed by atoms with Crippen LogP contribution in [-0.2, 0) is 9.31 Å². The van der Waals surface area contributed by atoms with Crippen LogP contribution in [0, 0.1) is 13.8 Å². The molecular formula is C87H74BBrN8O2. The fourth-order valence-corrected chi connectivity index (χ4v) is 13.2. The molecule has 0 spiro atoms. The molecule has 484 valence electrons. The minimum absolute atomic E-state index is 0. The highest BCUT2D eigenvalue weighted by Crippen LogP contribution is 2.40. The Labute approximate surface area is 588 Å². The number of pyridine rings is 2. The van der Waals surface area contributed by atoms with Crippen molar-refractivity contribution >= 4 is 61.1 Å². The molecule has 17 rings (SSSR count). The Morgan fingerprint density at radius 1 is 0.343 bits per heavy atom. The molecule has 1 aliphatic rings. The maximum absolute atomic E-state index is 6.24. The summed E-state index contributed by atoms with van der Waals surface area (Å²) in [7, 11) is -0.371. The maximum Gasteiger partial charge on any atom is 0.494 e. The summed E-state index contributed by atoms with van der Waals surface area (Å²) in [6.45, 7) is 12.7. The Hall–Kier alpha value is -11.3. The third-order valence-corrected chi connectivity index (χ3v) is 19.0. The molecule has 0 atom stereocenters. The first-order valence-electron chi connectivity index (χ1n) is 33.0. The molecule has 0 unspecified atom stereocenters. The second kappa shape index (κ2) is 27.7. The standard InChI is InChI=1S/C40H28N4.C30H29BN2O2.C16H11BrN2.CH4.H2/c1-27-38(43-44-37(30-17-9-4-10-18-30)25-33-19-11-12-20-34(33)39(27)44)31-21-23-32(24-22-31)40-41-35(28-13-5-2-6-14-28)26-36(42-40)29-15-7-3-8-16-29;1-20-27(22-15-17-24(18-16-22)31-34-29(2,3)30(4,5)35-31)32-33-26(21-11-7-6-8-12-21)19-23-13-9-10-14-25(23)28(20)33;17-16-18-14(12-7-3-1-4-8-12)11-15(19-16)13-9-5-2-6-10-13;;/h2-26H,1H3;6-19H,1-5H3;1-11H;1H4;1H/i;;;;1+1. The average molecular weight is 1360 g/mol. The molecule has 16 aromatic rings. The van der Waals surface area contributed by atoms with Gasteiger partial charge in [0.25, 0.3) is 0 Å². The number of aryl methyl sites for hydroxylation is 2. The SMILES string of the molecule is Brc1nc(-c2ccccc2)cc(-c2ccccc2)n1.C.Cc1c(-c2ccc(-c3nc(-c4ccccc4)cc(-c4ccccc4)n3)cc2)nn2c(-c3ccccc3)cc3ccccc3c12.Cc1c(-c2ccc(B3OC(C)(C)C(C)(C)O3)cc2)nn2c(-c3ccccc3)cc3ccccc3c12.[2HH]. The summed E-state index contributed by atoms with van der Waals surface area (Å²) in [4.78, 5) is 18.9. The van der Waals surface area contributed by atoms with Crippen LogP contribution in [0.15, 0.2) is 308 Å². The van der Waals surface area contributed by atoms with Gasteiger partial charge in [0.1, 0.15) is 0 Å². The van der Waals surface area contributed by atoms with Gasteiger partial charge in [-0.25, -0.2) is 29.0 Å². The number of hydrogen-bond acceptors (Lipinski definition) is 8. The number of aromatic nitrogens is 8. The molecule has 10 aromatic carbocycles. The molecule has 0 radical (unpaired) electrons. The van der Waals surface area contributed by atoms with Gasteiger partial charge in [0.2, 0.25) is 0 Å². The molecule has 0 saturated carbocycles. The van der Waals surface area contributed by atoms with Crippen molar-refractivity contribution in [3.05, 3.63) is 319 Å². The van der Waals surface area contributed by atoms with E-state index in [0.29, 0.717) is 10.6 Å². The molecule has 6 aromatic heterocycles. The number of hydrogen-bond donors (Lipinski definition) is 0. The van der Waals surface area contributed by atoms with Crippen LogP contribution in [0.2, 0.25) is 0 Å². The van der Waals surface area contributed by atoms with E-state index in [1.807, 2.05) is 115 Å². The second-order valence-electron chi connectivity index (χ2n) is 25.6. The van der Waals surface area contributed by atoms with Gasteiger partial charge in [0.05, 0.1) is 67.8 Å². The lowest BCUT2D eigenvalue weighted by Crippen LogP contribution is -2.41. The third-order valence-electron chi connectivity index (χ3n) is 18.7. The quantitative estimate of drug-likeness (QED) is 0.0985. The molecule has 0 aliphatic carbocycles. The predicted octanol–water partition coefficient (Wildman–Crippen LogP) is 21.8. The van der Waals surface area contributed by atoms with Gasteiger partial charge in [-0.15, -0.1) is 0 Å². The van der Waals surface area contributed by atoms with Crippen molar-refractivity contribution in [2.45, 2.75) is 60.2 Å². The Bertz CT molecular complexity index is 5400. The zero-order valence-corrected chi connectivity index (χ0v) is 56.8. The van der Waals surface area contributed by atoms with E-state index in [2.05, 4.69) is 265 Å². The van der Waals surface area contributed by atoms with E-state index in [-0.39, 0.29) is 27.2 Å². The van der Waals surface area contributed by atoms with Gasteiger partial charge in [-0.3, -0.25) is 0 Å². The van der Waals surface area contributed by atoms with Crippen molar-refractivity contribution in [2.75, 3.05) is 0 Å². The van der Waals surface area contributed by atoms with E-state index in [1.165, 1.54) is 27.1 Å². The van der Waals surface area contributed by atoms with E-state index in [9.17, 15) is 0 Å². The number of halogens is 1. The zero-order chi connectivity index (χ0) is 66.9. The third kappa shape index (κ3) is 13.1. The van der Waals surface area contributed by atoms with Crippen LogP contribution in [0.4, 0.5) is 0 Å². The smallest absolute Gasteiger partial charge is 0.399 e. The highest BCUT2D eigenvalue weighted by molar-refractivity contribution is 9.10. The lowest BCUT2D eigenvalue weighted by atomic mass is 9.78. The Morgan fingerprint density at radius 3 is 1.01 bits per heavy atom. The van der Waals surface area contributed by atoms with Crippen molar-refractivity contribution in [3.63, 3.8) is 0 Å². The molecule has 99 heavy (non-hydrogen) atoms. The summed E-state index contributed by atoms with van der Waals surface area (Å²) in [6, 6.07) is 104. The summed E-state index contributed by atoms with van der Waals surface area (Å²) >= 11 is 3.39. The summed E-state index contributed by atoms with van der Waals surface area (Å²) < 4.78 is 17.3. The van der Waals surface area contributed by atoms with E-state index >= 15 is 0 Å². The van der Waals surface area contributed by atoms with Crippen molar-refractivity contribution < 1.29 is 10.7 Å². The largest absolute Gasteiger partial charge is 0.494 e. The van der Waals surface area contributed by atoms with Gasteiger partial charge < -0.3 is 9.31 Å². The normalized spacial score (nSPS) is 13.0. The van der Waals surface area contributed by atoms with Crippen LogP contribution < -0.4 is 5.46 Å². The molecule has 0 N–H and O–H groups in total. The minimum Gasteiger partial charge on any atom is -0.399 e. The van der Waals surface area contributed by atoms with Gasteiger partial charge in [-0.05, 0) is 98.0 Å². The summed E-state index contributed by atoms with van der Waals surface area (Å²) in [5.41, 5.74) is 22.3. The summed E-state index contributed by atoms with van der Waals surface area (Å²) in [5, 5.41) is 15.2. The van der Waals surface area contributed by atoms with Gasteiger partial charge >= 0.3 is 7.12 Å². The Morgan fingerprint density at radius 2 is 0.646 bits per heavy atom. The van der Waals surface area contributed by atoms with Crippen LogP contribution in [0.25, 0.3) is 134 Å². The van der Waals surface area contributed by atoms with Crippen LogP contribution in [-0.4, -0.2) is 57.5 Å². The van der Waals surface area contributed by atoms with E-state index < -0.39 is 0 Å². The fourth-order valence-electron chi connectivity index (χ4n) is 12.8. The minimum atomic E-state index is -0.371. The Kier molecular flexibility index (Phi) is 18.2. The summed E-state index contributed by atoms with van der Waals surface area (Å²) in [6.07, 6.45) is 0. The molecule has 1 fully saturated rings. The van der Waals surface area contributed by atoms with Crippen molar-refractivity contribution in [3.8, 4) is 101 Å². The fraction of sp³-hybridized carbons (Fsp3) is 0.103. The number of benzene rings is 10. The Balaban J connectivity index is 0.000000143. The molecule has 1 aliphatic heterocycles. The maximum atomic E-state index is 6.24. The van der Waals surface area contributed by atoms with Crippen molar-refractivity contribution in [2.24, 2.45) is 0 Å². The molecule has 1 saturated heterocycles. The first-order valence-corrected chi connectivity index (χ1v) is 33.8. The van der Waals surface area contributed by atoms with Gasteiger partial charge in [-0.1, -0.05) is 286 Å². The van der Waals surface area contributed by atoms with E-state index in [0.717, 1.165) is 118 Å². The number of rotatable bonds is 10. The van der Waals surface area contributed by atoms with Crippen LogP contribution in [0.1, 0.15) is 47.7 Å². The van der Waals surface area contributed by atoms with Crippen LogP contribution in [0.3, 0.4) is 0 Å². The molecule has 12 heteroatoms. The molecule has 0 amide bonds. The van der Waals surface area contributed by atoms with Gasteiger partial charge in [0, 0.05) is 73.4 Å². The molecule has 10 nitrogen and oxygen atoms in total. The first kappa shape index (κ1) is 65.0. The van der Waals surface area contributed by atoms with E-state index in [1.54, 1.807) is 0 Å². The predicted molar refractivity (Wildman–Crippen MR) is 414 cm³/mol. The van der Waals surface area contributed by atoms with Crippen LogP contribution in [0.5, 0.6) is 0 Å². The zero-order valence-electron chi connectivity index (χ0n) is 55.2. The van der Waals surface area contributed by atoms with E-state index in [4.69, 9.17) is 29.5 Å². The summed E-state index contributed by atoms with van der Waals surface area (Å²) in [5.74, 6) is 0.695. The monoisotopic (exact) mass is 1350 g/mol.